The molecule has 3 atom stereocenters. The maximum Gasteiger partial charge on any atom is 0.311 e. The third-order valence-corrected chi connectivity index (χ3v) is 7.09. The Hall–Kier alpha value is -3.96. The van der Waals surface area contributed by atoms with E-state index in [1.54, 1.807) is 41.8 Å². The molecule has 3 aromatic rings. The van der Waals surface area contributed by atoms with Gasteiger partial charge in [-0.3, -0.25) is 14.4 Å². The summed E-state index contributed by atoms with van der Waals surface area (Å²) in [6.45, 7) is 2.30. The van der Waals surface area contributed by atoms with Crippen molar-refractivity contribution in [2.45, 2.75) is 32.0 Å². The van der Waals surface area contributed by atoms with Crippen molar-refractivity contribution in [3.8, 4) is 6.07 Å². The van der Waals surface area contributed by atoms with Crippen molar-refractivity contribution in [1.29, 1.82) is 5.26 Å². The van der Waals surface area contributed by atoms with Crippen LogP contribution in [-0.2, 0) is 20.9 Å². The number of thiophene rings is 1. The quantitative estimate of drug-likeness (QED) is 0.530. The van der Waals surface area contributed by atoms with Gasteiger partial charge in [-0.15, -0.1) is 11.3 Å². The number of likely N-dealkylation sites (tertiary alicyclic amines) is 1. The minimum Gasteiger partial charge on any atom is -0.469 e. The Morgan fingerprint density at radius 3 is 2.43 bits per heavy atom. The third kappa shape index (κ3) is 5.10. The number of carbonyl (C=O) groups is 3. The van der Waals surface area contributed by atoms with Crippen LogP contribution in [-0.4, -0.2) is 35.8 Å². The molecule has 7 nitrogen and oxygen atoms in total. The number of hydrogen-bond donors (Lipinski definition) is 1. The Kier molecular flexibility index (Phi) is 7.28. The van der Waals surface area contributed by atoms with E-state index in [0.29, 0.717) is 22.5 Å². The maximum atomic E-state index is 13.6. The van der Waals surface area contributed by atoms with Crippen molar-refractivity contribution in [1.82, 2.24) is 10.2 Å². The van der Waals surface area contributed by atoms with Crippen molar-refractivity contribution in [3.05, 3.63) is 93.2 Å². The van der Waals surface area contributed by atoms with Gasteiger partial charge in [-0.2, -0.15) is 5.26 Å². The first kappa shape index (κ1) is 24.2. The molecule has 4 rings (SSSR count). The molecule has 0 aliphatic carbocycles. The molecule has 35 heavy (non-hydrogen) atoms. The fourth-order valence-electron chi connectivity index (χ4n) is 4.44. The lowest BCUT2D eigenvalue weighted by molar-refractivity contribution is -0.146. The molecule has 2 heterocycles. The molecule has 178 valence electrons. The van der Waals surface area contributed by atoms with Gasteiger partial charge in [0.15, 0.2) is 0 Å². The van der Waals surface area contributed by atoms with Gasteiger partial charge in [0.2, 0.25) is 5.91 Å². The smallest absolute Gasteiger partial charge is 0.311 e. The molecule has 1 aromatic heterocycles. The summed E-state index contributed by atoms with van der Waals surface area (Å²) in [5.41, 5.74) is 3.18. The zero-order valence-corrected chi connectivity index (χ0v) is 20.2. The first-order valence-corrected chi connectivity index (χ1v) is 12.1. The number of nitrogens with one attached hydrogen (secondary N) is 1. The molecule has 1 saturated heterocycles. The Morgan fingerprint density at radius 2 is 1.83 bits per heavy atom. The minimum absolute atomic E-state index is 0.133. The van der Waals surface area contributed by atoms with Crippen LogP contribution in [0.3, 0.4) is 0 Å². The molecule has 0 bridgehead atoms. The molecule has 3 unspecified atom stereocenters. The first-order chi connectivity index (χ1) is 16.9. The van der Waals surface area contributed by atoms with Crippen LogP contribution in [0.25, 0.3) is 0 Å². The average molecular weight is 488 g/mol. The lowest BCUT2D eigenvalue weighted by Gasteiger charge is -2.31. The molecular weight excluding hydrogens is 462 g/mol. The molecule has 1 fully saturated rings. The summed E-state index contributed by atoms with van der Waals surface area (Å²) in [4.78, 5) is 41.8. The van der Waals surface area contributed by atoms with Gasteiger partial charge in [-0.05, 0) is 48.1 Å². The fraction of sp³-hybridized carbons (Fsp3) is 0.259. The summed E-state index contributed by atoms with van der Waals surface area (Å²) in [5.74, 6) is -1.87. The zero-order valence-electron chi connectivity index (χ0n) is 19.4. The van der Waals surface area contributed by atoms with Crippen molar-refractivity contribution >= 4 is 29.1 Å². The van der Waals surface area contributed by atoms with Gasteiger partial charge in [0.25, 0.3) is 5.91 Å². The van der Waals surface area contributed by atoms with Crippen molar-refractivity contribution in [2.24, 2.45) is 5.92 Å². The SMILES string of the molecule is COC(=O)C1CC(C(=O)NCc2ccc(C)cc2)N(C(=O)c2cccs2)C1c1ccc(C#N)cc1. The number of benzene rings is 2. The zero-order chi connectivity index (χ0) is 24.9. The second kappa shape index (κ2) is 10.5. The van der Waals surface area contributed by atoms with Crippen LogP contribution in [0.5, 0.6) is 0 Å². The van der Waals surface area contributed by atoms with Gasteiger partial charge in [0, 0.05) is 6.54 Å². The van der Waals surface area contributed by atoms with Crippen LogP contribution in [0.4, 0.5) is 0 Å². The topological polar surface area (TPSA) is 99.5 Å². The lowest BCUT2D eigenvalue weighted by Crippen LogP contribution is -2.46. The normalized spacial score (nSPS) is 19.1. The average Bonchev–Trinajstić information content (AvgIpc) is 3.56. The van der Waals surface area contributed by atoms with Gasteiger partial charge >= 0.3 is 5.97 Å². The Balaban J connectivity index is 1.69. The van der Waals surface area contributed by atoms with Crippen molar-refractivity contribution in [3.63, 3.8) is 0 Å². The monoisotopic (exact) mass is 487 g/mol. The summed E-state index contributed by atoms with van der Waals surface area (Å²) in [6, 6.07) is 18.5. The minimum atomic E-state index is -0.861. The fourth-order valence-corrected chi connectivity index (χ4v) is 5.10. The molecular formula is C27H25N3O4S. The van der Waals surface area contributed by atoms with Crippen LogP contribution in [0.2, 0.25) is 0 Å². The molecule has 8 heteroatoms. The largest absolute Gasteiger partial charge is 0.469 e. The highest BCUT2D eigenvalue weighted by Crippen LogP contribution is 2.43. The number of amides is 2. The number of nitrogens with zero attached hydrogens (tertiary/aromatic N) is 2. The number of hydrogen-bond acceptors (Lipinski definition) is 6. The van der Waals surface area contributed by atoms with Crippen LogP contribution < -0.4 is 5.32 Å². The molecule has 1 aliphatic rings. The Labute approximate surface area is 207 Å². The second-order valence-corrected chi connectivity index (χ2v) is 9.40. The summed E-state index contributed by atoms with van der Waals surface area (Å²) in [7, 11) is 1.30. The van der Waals surface area contributed by atoms with E-state index < -0.39 is 24.0 Å². The molecule has 2 amide bonds. The first-order valence-electron chi connectivity index (χ1n) is 11.2. The van der Waals surface area contributed by atoms with E-state index >= 15 is 0 Å². The predicted molar refractivity (Wildman–Crippen MR) is 131 cm³/mol. The number of ether oxygens (including phenoxy) is 1. The van der Waals surface area contributed by atoms with Crippen molar-refractivity contribution in [2.75, 3.05) is 7.11 Å². The van der Waals surface area contributed by atoms with Crippen LogP contribution in [0.15, 0.2) is 66.0 Å². The molecule has 2 aromatic carbocycles. The molecule has 1 N–H and O–H groups in total. The molecule has 0 spiro atoms. The van der Waals surface area contributed by atoms with Gasteiger partial charge < -0.3 is 15.0 Å². The van der Waals surface area contributed by atoms with Crippen LogP contribution >= 0.6 is 11.3 Å². The van der Waals surface area contributed by atoms with Crippen molar-refractivity contribution < 1.29 is 19.1 Å². The lowest BCUT2D eigenvalue weighted by atomic mass is 9.92. The van der Waals surface area contributed by atoms with Crippen LogP contribution in [0, 0.1) is 24.2 Å². The summed E-state index contributed by atoms with van der Waals surface area (Å²) in [6.07, 6.45) is 0.133. The number of methoxy groups -OCH3 is 1. The standard InChI is InChI=1S/C27H25N3O4S/c1-17-5-7-19(8-6-17)16-29-25(31)22-14-21(27(33)34-2)24(20-11-9-18(15-28)10-12-20)30(22)26(32)23-4-3-13-35-23/h3-13,21-22,24H,14,16H2,1-2H3,(H,29,31). The molecule has 0 saturated carbocycles. The number of esters is 1. The van der Waals surface area contributed by atoms with E-state index in [1.807, 2.05) is 31.2 Å². The highest BCUT2D eigenvalue weighted by Gasteiger charge is 2.51. The Bertz CT molecular complexity index is 1250. The predicted octanol–water partition coefficient (Wildman–Crippen LogP) is 3.99. The number of nitriles is 1. The second-order valence-electron chi connectivity index (χ2n) is 8.45. The van der Waals surface area contributed by atoms with Crippen LogP contribution in [0.1, 0.15) is 44.4 Å². The highest BCUT2D eigenvalue weighted by molar-refractivity contribution is 7.12. The summed E-state index contributed by atoms with van der Waals surface area (Å²) >= 11 is 1.28. The number of carbonyl (C=O) groups excluding carboxylic acids is 3. The third-order valence-electron chi connectivity index (χ3n) is 6.24. The van der Waals surface area contributed by atoms with E-state index in [1.165, 1.54) is 23.3 Å². The summed E-state index contributed by atoms with van der Waals surface area (Å²) < 4.78 is 5.06. The van der Waals surface area contributed by atoms with E-state index in [9.17, 15) is 19.6 Å². The highest BCUT2D eigenvalue weighted by atomic mass is 32.1. The molecule has 0 radical (unpaired) electrons. The maximum absolute atomic E-state index is 13.6. The van der Waals surface area contributed by atoms with Gasteiger partial charge in [0.1, 0.15) is 6.04 Å². The summed E-state index contributed by atoms with van der Waals surface area (Å²) in [5, 5.41) is 13.9. The Morgan fingerprint density at radius 1 is 1.11 bits per heavy atom. The van der Waals surface area contributed by atoms with E-state index in [-0.39, 0.29) is 18.2 Å². The molecule has 1 aliphatic heterocycles. The van der Waals surface area contributed by atoms with E-state index in [0.717, 1.165) is 11.1 Å². The van der Waals surface area contributed by atoms with Gasteiger partial charge in [0.05, 0.1) is 35.6 Å². The number of rotatable bonds is 6. The van der Waals surface area contributed by atoms with Gasteiger partial charge in [-0.25, -0.2) is 0 Å². The van der Waals surface area contributed by atoms with E-state index in [4.69, 9.17) is 4.74 Å². The number of aryl methyl sites for hydroxylation is 1. The van der Waals surface area contributed by atoms with E-state index in [2.05, 4.69) is 11.4 Å². The van der Waals surface area contributed by atoms with Gasteiger partial charge in [-0.1, -0.05) is 48.0 Å².